The van der Waals surface area contributed by atoms with Gasteiger partial charge < -0.3 is 21.1 Å². The van der Waals surface area contributed by atoms with Crippen molar-refractivity contribution in [2.24, 2.45) is 5.73 Å². The number of carboxylic acids is 1. The fraction of sp³-hybridized carbons (Fsp3) is 0.769. The Hall–Kier alpha value is -1.79. The Morgan fingerprint density at radius 1 is 1.15 bits per heavy atom. The Kier molecular flexibility index (Phi) is 9.15. The van der Waals surface area contributed by atoms with Gasteiger partial charge in [-0.15, -0.1) is 0 Å². The molecule has 3 amide bonds. The number of rotatable bonds is 10. The Labute approximate surface area is 119 Å². The third-order valence-electron chi connectivity index (χ3n) is 2.85. The first kappa shape index (κ1) is 18.2. The van der Waals surface area contributed by atoms with Gasteiger partial charge in [0, 0.05) is 13.1 Å². The third kappa shape index (κ3) is 7.60. The Balaban J connectivity index is 4.59. The molecule has 0 bridgehead atoms. The number of unbranched alkanes of at least 4 members (excludes halogenated alkanes) is 2. The van der Waals surface area contributed by atoms with E-state index in [-0.39, 0.29) is 0 Å². The molecule has 0 aromatic carbocycles. The van der Waals surface area contributed by atoms with Crippen LogP contribution in [0.15, 0.2) is 0 Å². The molecule has 0 saturated carbocycles. The zero-order valence-corrected chi connectivity index (χ0v) is 12.2. The molecule has 1 unspecified atom stereocenters. The molecule has 0 fully saturated rings. The van der Waals surface area contributed by atoms with Crippen molar-refractivity contribution in [3.8, 4) is 0 Å². The molecule has 0 heterocycles. The lowest BCUT2D eigenvalue weighted by molar-refractivity contribution is -0.140. The molecule has 0 rings (SSSR count). The van der Waals surface area contributed by atoms with Gasteiger partial charge in [0.05, 0.1) is 6.42 Å². The van der Waals surface area contributed by atoms with E-state index in [2.05, 4.69) is 5.32 Å². The number of primary amides is 1. The van der Waals surface area contributed by atoms with Gasteiger partial charge in [0.25, 0.3) is 0 Å². The predicted molar refractivity (Wildman–Crippen MR) is 75.2 cm³/mol. The zero-order valence-electron chi connectivity index (χ0n) is 12.2. The van der Waals surface area contributed by atoms with E-state index in [1.165, 1.54) is 0 Å². The Morgan fingerprint density at radius 3 is 2.00 bits per heavy atom. The number of aliphatic carboxylic acids is 1. The SMILES string of the molecule is CCCCN(CCCC)C(=O)NC(CC(N)=O)C(=O)O. The summed E-state index contributed by atoms with van der Waals surface area (Å²) in [7, 11) is 0. The molecule has 20 heavy (non-hydrogen) atoms. The number of amides is 3. The molecule has 0 spiro atoms. The number of carboxylic acid groups (broad SMARTS) is 1. The second-order valence-electron chi connectivity index (χ2n) is 4.70. The standard InChI is InChI=1S/C13H25N3O4/c1-3-5-7-16(8-6-4-2)13(20)15-10(12(18)19)9-11(14)17/h10H,3-9H2,1-2H3,(H2,14,17)(H,15,20)(H,18,19). The van der Waals surface area contributed by atoms with Crippen molar-refractivity contribution in [1.29, 1.82) is 0 Å². The van der Waals surface area contributed by atoms with Crippen molar-refractivity contribution in [2.75, 3.05) is 13.1 Å². The van der Waals surface area contributed by atoms with E-state index >= 15 is 0 Å². The maximum absolute atomic E-state index is 12.1. The summed E-state index contributed by atoms with van der Waals surface area (Å²) >= 11 is 0. The molecule has 1 atom stereocenters. The fourth-order valence-corrected chi connectivity index (χ4v) is 1.65. The molecule has 0 saturated heterocycles. The first-order valence-electron chi connectivity index (χ1n) is 6.98. The summed E-state index contributed by atoms with van der Waals surface area (Å²) in [5.41, 5.74) is 4.98. The van der Waals surface area contributed by atoms with E-state index in [4.69, 9.17) is 10.8 Å². The van der Waals surface area contributed by atoms with E-state index in [1.807, 2.05) is 13.8 Å². The number of hydrogen-bond acceptors (Lipinski definition) is 3. The lowest BCUT2D eigenvalue weighted by Gasteiger charge is -2.24. The zero-order chi connectivity index (χ0) is 15.5. The van der Waals surface area contributed by atoms with Gasteiger partial charge in [0.1, 0.15) is 6.04 Å². The first-order chi connectivity index (χ1) is 9.42. The Bertz CT molecular complexity index is 326. The predicted octanol–water partition coefficient (Wildman–Crippen LogP) is 0.927. The summed E-state index contributed by atoms with van der Waals surface area (Å²) in [5.74, 6) is -2.02. The molecule has 0 radical (unpaired) electrons. The largest absolute Gasteiger partial charge is 0.480 e. The van der Waals surface area contributed by atoms with E-state index in [1.54, 1.807) is 4.90 Å². The lowest BCUT2D eigenvalue weighted by atomic mass is 10.2. The van der Waals surface area contributed by atoms with Crippen LogP contribution in [0.1, 0.15) is 46.0 Å². The van der Waals surface area contributed by atoms with Crippen LogP contribution in [0, 0.1) is 0 Å². The molecular weight excluding hydrogens is 262 g/mol. The summed E-state index contributed by atoms with van der Waals surface area (Å²) in [4.78, 5) is 35.4. The van der Waals surface area contributed by atoms with Gasteiger partial charge in [-0.05, 0) is 12.8 Å². The van der Waals surface area contributed by atoms with Crippen LogP contribution in [0.4, 0.5) is 4.79 Å². The number of carbonyl (C=O) groups excluding carboxylic acids is 2. The van der Waals surface area contributed by atoms with E-state index < -0.39 is 30.4 Å². The molecular formula is C13H25N3O4. The number of nitrogens with two attached hydrogens (primary N) is 1. The van der Waals surface area contributed by atoms with E-state index in [0.717, 1.165) is 25.7 Å². The maximum atomic E-state index is 12.1. The minimum Gasteiger partial charge on any atom is -0.480 e. The summed E-state index contributed by atoms with van der Waals surface area (Å²) < 4.78 is 0. The lowest BCUT2D eigenvalue weighted by Crippen LogP contribution is -2.49. The van der Waals surface area contributed by atoms with Gasteiger partial charge in [-0.3, -0.25) is 4.79 Å². The fourth-order valence-electron chi connectivity index (χ4n) is 1.65. The number of hydrogen-bond donors (Lipinski definition) is 3. The minimum atomic E-state index is -1.27. The second-order valence-corrected chi connectivity index (χ2v) is 4.70. The molecule has 0 aliphatic carbocycles. The van der Waals surface area contributed by atoms with Gasteiger partial charge in [-0.1, -0.05) is 26.7 Å². The van der Waals surface area contributed by atoms with Crippen LogP contribution in [0.3, 0.4) is 0 Å². The van der Waals surface area contributed by atoms with Crippen LogP contribution in [0.5, 0.6) is 0 Å². The maximum Gasteiger partial charge on any atom is 0.326 e. The highest BCUT2D eigenvalue weighted by molar-refractivity contribution is 5.87. The van der Waals surface area contributed by atoms with Crippen LogP contribution < -0.4 is 11.1 Å². The van der Waals surface area contributed by atoms with Crippen molar-refractivity contribution in [2.45, 2.75) is 52.0 Å². The van der Waals surface area contributed by atoms with Gasteiger partial charge >= 0.3 is 12.0 Å². The molecule has 7 nitrogen and oxygen atoms in total. The van der Waals surface area contributed by atoms with Crippen molar-refractivity contribution in [1.82, 2.24) is 10.2 Å². The highest BCUT2D eigenvalue weighted by Crippen LogP contribution is 2.02. The normalized spacial score (nSPS) is 11.7. The summed E-state index contributed by atoms with van der Waals surface area (Å²) in [6.07, 6.45) is 3.19. The van der Waals surface area contributed by atoms with Gasteiger partial charge in [0.2, 0.25) is 5.91 Å². The molecule has 0 aliphatic heterocycles. The Morgan fingerprint density at radius 2 is 1.65 bits per heavy atom. The van der Waals surface area contributed by atoms with Crippen molar-refractivity contribution >= 4 is 17.9 Å². The minimum absolute atomic E-state index is 0.406. The van der Waals surface area contributed by atoms with Gasteiger partial charge in [0.15, 0.2) is 0 Å². The average Bonchev–Trinajstić information content (AvgIpc) is 2.37. The summed E-state index contributed by atoms with van der Waals surface area (Å²) in [6, 6.07) is -1.73. The molecule has 0 aromatic rings. The van der Waals surface area contributed by atoms with Crippen LogP contribution in [-0.2, 0) is 9.59 Å². The molecule has 116 valence electrons. The van der Waals surface area contributed by atoms with Crippen LogP contribution >= 0.6 is 0 Å². The molecule has 7 heteroatoms. The number of urea groups is 1. The van der Waals surface area contributed by atoms with E-state index in [0.29, 0.717) is 13.1 Å². The van der Waals surface area contributed by atoms with Crippen molar-refractivity contribution < 1.29 is 19.5 Å². The highest BCUT2D eigenvalue weighted by atomic mass is 16.4. The van der Waals surface area contributed by atoms with Gasteiger partial charge in [-0.25, -0.2) is 9.59 Å². The topological polar surface area (TPSA) is 113 Å². The number of nitrogens with zero attached hydrogens (tertiary/aromatic N) is 1. The van der Waals surface area contributed by atoms with Crippen LogP contribution in [0.25, 0.3) is 0 Å². The second kappa shape index (κ2) is 10.1. The summed E-state index contributed by atoms with van der Waals surface area (Å²) in [6.45, 7) is 5.18. The molecule has 0 aromatic heterocycles. The van der Waals surface area contributed by atoms with Crippen molar-refractivity contribution in [3.63, 3.8) is 0 Å². The van der Waals surface area contributed by atoms with Crippen molar-refractivity contribution in [3.05, 3.63) is 0 Å². The van der Waals surface area contributed by atoms with Crippen LogP contribution in [0.2, 0.25) is 0 Å². The number of nitrogens with one attached hydrogen (secondary N) is 1. The summed E-state index contributed by atoms with van der Waals surface area (Å²) in [5, 5.41) is 11.3. The quantitative estimate of drug-likeness (QED) is 0.554. The first-order valence-corrected chi connectivity index (χ1v) is 6.98. The molecule has 0 aliphatic rings. The third-order valence-corrected chi connectivity index (χ3v) is 2.85. The monoisotopic (exact) mass is 287 g/mol. The van der Waals surface area contributed by atoms with Crippen LogP contribution in [-0.4, -0.2) is 47.0 Å². The molecule has 4 N–H and O–H groups in total. The van der Waals surface area contributed by atoms with Gasteiger partial charge in [-0.2, -0.15) is 0 Å². The number of carbonyl (C=O) groups is 3. The highest BCUT2D eigenvalue weighted by Gasteiger charge is 2.24. The smallest absolute Gasteiger partial charge is 0.326 e. The average molecular weight is 287 g/mol. The van der Waals surface area contributed by atoms with E-state index in [9.17, 15) is 14.4 Å².